The summed E-state index contributed by atoms with van der Waals surface area (Å²) in [6, 6.07) is 13.0. The highest BCUT2D eigenvalue weighted by atomic mass is 14.9. The molecule has 0 unspecified atom stereocenters. The fourth-order valence-electron chi connectivity index (χ4n) is 2.02. The van der Waals surface area contributed by atoms with E-state index in [1.54, 1.807) is 12.1 Å². The van der Waals surface area contributed by atoms with E-state index in [0.717, 1.165) is 16.7 Å². The quantitative estimate of drug-likeness (QED) is 0.456. The number of nitrogens with zero attached hydrogens (tertiary/aromatic N) is 4. The van der Waals surface area contributed by atoms with Gasteiger partial charge in [0.2, 0.25) is 0 Å². The first-order valence-corrected chi connectivity index (χ1v) is 7.87. The summed E-state index contributed by atoms with van der Waals surface area (Å²) in [5.74, 6) is 0. The van der Waals surface area contributed by atoms with Crippen molar-refractivity contribution in [1.82, 2.24) is 10.6 Å². The normalized spacial score (nSPS) is 8.33. The van der Waals surface area contributed by atoms with Gasteiger partial charge >= 0.3 is 0 Å². The van der Waals surface area contributed by atoms with Crippen molar-refractivity contribution in [2.45, 2.75) is 20.0 Å². The van der Waals surface area contributed by atoms with Gasteiger partial charge in [-0.1, -0.05) is 30.3 Å². The minimum Gasteiger partial charge on any atom is -0.319 e. The van der Waals surface area contributed by atoms with E-state index >= 15 is 0 Å². The summed E-state index contributed by atoms with van der Waals surface area (Å²) in [7, 11) is 0. The molecule has 0 fully saturated rings. The molecule has 0 amide bonds. The zero-order valence-corrected chi connectivity index (χ0v) is 14.7. The predicted octanol–water partition coefficient (Wildman–Crippen LogP) is 2.61. The van der Waals surface area contributed by atoms with Crippen LogP contribution in [0.3, 0.4) is 0 Å². The van der Waals surface area contributed by atoms with E-state index in [0.29, 0.717) is 24.5 Å². The summed E-state index contributed by atoms with van der Waals surface area (Å²) < 4.78 is 0. The van der Waals surface area contributed by atoms with Crippen molar-refractivity contribution < 1.29 is 0 Å². The van der Waals surface area contributed by atoms with Crippen LogP contribution < -0.4 is 21.3 Å². The van der Waals surface area contributed by atoms with Crippen LogP contribution in [0.15, 0.2) is 42.5 Å². The van der Waals surface area contributed by atoms with Crippen LogP contribution in [0, 0.1) is 52.7 Å². The highest BCUT2D eigenvalue weighted by molar-refractivity contribution is 5.63. The summed E-state index contributed by atoms with van der Waals surface area (Å²) in [5.41, 5.74) is 4.44. The topological polar surface area (TPSA) is 143 Å². The maximum atomic E-state index is 8.42. The molecule has 134 valence electrons. The molecule has 0 spiro atoms. The number of aryl methyl sites for hydroxylation is 1. The molecule has 0 aliphatic carbocycles. The molecule has 8 heteroatoms. The van der Waals surface area contributed by atoms with Gasteiger partial charge in [-0.3, -0.25) is 10.6 Å². The van der Waals surface area contributed by atoms with Gasteiger partial charge in [-0.2, -0.15) is 21.0 Å². The third-order valence-corrected chi connectivity index (χ3v) is 3.39. The van der Waals surface area contributed by atoms with E-state index in [1.807, 2.05) is 62.0 Å². The van der Waals surface area contributed by atoms with E-state index in [1.165, 1.54) is 0 Å². The number of rotatable bonds is 6. The maximum absolute atomic E-state index is 8.42. The van der Waals surface area contributed by atoms with Crippen LogP contribution in [0.4, 0.5) is 11.4 Å². The first-order valence-electron chi connectivity index (χ1n) is 7.87. The van der Waals surface area contributed by atoms with Gasteiger partial charge in [0.05, 0.1) is 5.69 Å². The number of nitriles is 4. The molecule has 0 atom stereocenters. The Balaban J connectivity index is 0.000000271. The van der Waals surface area contributed by atoms with Crippen LogP contribution >= 0.6 is 0 Å². The lowest BCUT2D eigenvalue weighted by Crippen LogP contribution is -2.06. The lowest BCUT2D eigenvalue weighted by atomic mass is 10.1. The second-order valence-corrected chi connectivity index (χ2v) is 5.25. The average molecular weight is 358 g/mol. The Kier molecular flexibility index (Phi) is 9.20. The van der Waals surface area contributed by atoms with Gasteiger partial charge in [0.15, 0.2) is 24.8 Å². The Hall–Kier alpha value is -4.40. The molecule has 0 radical (unpaired) electrons. The van der Waals surface area contributed by atoms with Gasteiger partial charge in [0.1, 0.15) is 0 Å². The molecule has 0 aliphatic rings. The fraction of sp³-hybridized carbons (Fsp3) is 0.158. The van der Waals surface area contributed by atoms with Crippen LogP contribution in [-0.4, -0.2) is 0 Å². The summed E-state index contributed by atoms with van der Waals surface area (Å²) >= 11 is 0. The predicted molar refractivity (Wildman–Crippen MR) is 101 cm³/mol. The SMILES string of the molecule is Cc1ccc(NC#N)cc1NC#N.N#CNCc1ccc(CNC#N)cc1. The first kappa shape index (κ1) is 20.6. The van der Waals surface area contributed by atoms with Crippen LogP contribution in [0.25, 0.3) is 0 Å². The maximum Gasteiger partial charge on any atom is 0.181 e. The lowest BCUT2D eigenvalue weighted by molar-refractivity contribution is 0.867. The van der Waals surface area contributed by atoms with E-state index in [4.69, 9.17) is 21.0 Å². The molecular weight excluding hydrogens is 340 g/mol. The van der Waals surface area contributed by atoms with Crippen molar-refractivity contribution in [3.63, 3.8) is 0 Å². The Morgan fingerprint density at radius 3 is 1.67 bits per heavy atom. The number of anilines is 2. The monoisotopic (exact) mass is 358 g/mol. The second-order valence-electron chi connectivity index (χ2n) is 5.25. The number of benzene rings is 2. The molecule has 2 aromatic carbocycles. The molecule has 0 aromatic heterocycles. The molecule has 8 nitrogen and oxygen atoms in total. The Bertz CT molecular complexity index is 855. The lowest BCUT2D eigenvalue weighted by Gasteiger charge is -2.04. The van der Waals surface area contributed by atoms with Crippen molar-refractivity contribution in [1.29, 1.82) is 21.0 Å². The highest BCUT2D eigenvalue weighted by Gasteiger charge is 1.98. The molecule has 2 rings (SSSR count). The second kappa shape index (κ2) is 12.0. The van der Waals surface area contributed by atoms with Crippen molar-refractivity contribution >= 4 is 11.4 Å². The molecule has 2 aromatic rings. The van der Waals surface area contributed by atoms with Gasteiger partial charge in [-0.05, 0) is 35.7 Å². The molecular formula is C19H18N8. The fourth-order valence-corrected chi connectivity index (χ4v) is 2.02. The van der Waals surface area contributed by atoms with E-state index in [2.05, 4.69) is 21.3 Å². The van der Waals surface area contributed by atoms with Crippen molar-refractivity contribution in [2.24, 2.45) is 0 Å². The third kappa shape index (κ3) is 7.81. The zero-order valence-electron chi connectivity index (χ0n) is 14.7. The Morgan fingerprint density at radius 2 is 1.22 bits per heavy atom. The van der Waals surface area contributed by atoms with Gasteiger partial charge in [0.25, 0.3) is 0 Å². The molecule has 0 bridgehead atoms. The third-order valence-electron chi connectivity index (χ3n) is 3.39. The summed E-state index contributed by atoms with van der Waals surface area (Å²) in [6.45, 7) is 2.97. The van der Waals surface area contributed by atoms with Crippen LogP contribution in [0.2, 0.25) is 0 Å². The van der Waals surface area contributed by atoms with Crippen LogP contribution in [0.1, 0.15) is 16.7 Å². The van der Waals surface area contributed by atoms with Gasteiger partial charge in [0, 0.05) is 18.8 Å². The largest absolute Gasteiger partial charge is 0.319 e. The minimum atomic E-state index is 0.544. The van der Waals surface area contributed by atoms with E-state index < -0.39 is 0 Å². The Morgan fingerprint density at radius 1 is 0.704 bits per heavy atom. The molecule has 0 saturated heterocycles. The van der Waals surface area contributed by atoms with E-state index in [-0.39, 0.29) is 0 Å². The Labute approximate surface area is 158 Å². The zero-order chi connectivity index (χ0) is 19.9. The summed E-state index contributed by atoms with van der Waals surface area (Å²) in [5, 5.41) is 43.5. The van der Waals surface area contributed by atoms with E-state index in [9.17, 15) is 0 Å². The molecule has 0 heterocycles. The number of nitrogens with one attached hydrogen (secondary N) is 4. The van der Waals surface area contributed by atoms with Crippen molar-refractivity contribution in [3.05, 3.63) is 59.2 Å². The molecule has 4 N–H and O–H groups in total. The first-order chi connectivity index (χ1) is 13.1. The summed E-state index contributed by atoms with van der Waals surface area (Å²) in [4.78, 5) is 0. The van der Waals surface area contributed by atoms with Crippen LogP contribution in [-0.2, 0) is 13.1 Å². The summed E-state index contributed by atoms with van der Waals surface area (Å²) in [6.07, 6.45) is 7.36. The average Bonchev–Trinajstić information content (AvgIpc) is 2.69. The van der Waals surface area contributed by atoms with Gasteiger partial charge in [-0.25, -0.2) is 0 Å². The standard InChI is InChI=1S/C10H10N4.C9H8N4/c11-7-13-5-9-1-2-10(4-3-9)6-14-8-12;1-7-2-3-8(12-5-10)4-9(7)13-6-11/h1-4,13-14H,5-6H2;2-4,12-13H,1H3. The number of hydrogen-bond donors (Lipinski definition) is 4. The van der Waals surface area contributed by atoms with Crippen molar-refractivity contribution in [3.8, 4) is 24.8 Å². The van der Waals surface area contributed by atoms with Gasteiger partial charge in [-0.15, -0.1) is 0 Å². The van der Waals surface area contributed by atoms with Crippen molar-refractivity contribution in [2.75, 3.05) is 10.6 Å². The molecule has 27 heavy (non-hydrogen) atoms. The smallest absolute Gasteiger partial charge is 0.181 e. The van der Waals surface area contributed by atoms with Crippen LogP contribution in [0.5, 0.6) is 0 Å². The minimum absolute atomic E-state index is 0.544. The van der Waals surface area contributed by atoms with Gasteiger partial charge < -0.3 is 10.6 Å². The number of hydrogen-bond acceptors (Lipinski definition) is 8. The molecule has 0 aliphatic heterocycles. The highest BCUT2D eigenvalue weighted by Crippen LogP contribution is 2.19. The molecule has 0 saturated carbocycles.